The zero-order valence-electron chi connectivity index (χ0n) is 14.6. The highest BCUT2D eigenvalue weighted by Crippen LogP contribution is 2.28. The highest BCUT2D eigenvalue weighted by atomic mass is 16.2. The molecule has 0 radical (unpaired) electrons. The van der Waals surface area contributed by atoms with Crippen LogP contribution in [0.3, 0.4) is 0 Å². The van der Waals surface area contributed by atoms with Crippen molar-refractivity contribution in [3.63, 3.8) is 0 Å². The van der Waals surface area contributed by atoms with Crippen molar-refractivity contribution in [1.29, 1.82) is 0 Å². The number of H-pyrrole nitrogens is 1. The molecule has 1 unspecified atom stereocenters. The maximum Gasteiger partial charge on any atom is 0.235 e. The fourth-order valence-corrected chi connectivity index (χ4v) is 2.24. The molecule has 0 aliphatic carbocycles. The molecule has 22 heavy (non-hydrogen) atoms. The minimum absolute atomic E-state index is 0.199. The Hall–Kier alpha value is -1.91. The molecule has 0 spiro atoms. The topological polar surface area (TPSA) is 74.8 Å². The van der Waals surface area contributed by atoms with E-state index in [1.807, 2.05) is 53.7 Å². The standard InChI is InChI=1S/C13H17N3O2.2C2H6/c1-3-5-8-10(4-2)15-16-12(8)9-6-7-11(17)14-13(9)18;2*1-2/h3,5,9H,4,6-7H2,1-2H3,(H,15,16)(H,14,17,18);2*1-2H3/b5-3-;;. The molecule has 1 aliphatic heterocycles. The molecule has 1 aromatic rings. The van der Waals surface area contributed by atoms with Gasteiger partial charge < -0.3 is 0 Å². The monoisotopic (exact) mass is 307 g/mol. The quantitative estimate of drug-likeness (QED) is 0.838. The molecule has 0 bridgehead atoms. The van der Waals surface area contributed by atoms with E-state index >= 15 is 0 Å². The highest BCUT2D eigenvalue weighted by molar-refractivity contribution is 6.01. The van der Waals surface area contributed by atoms with Crippen molar-refractivity contribution in [1.82, 2.24) is 15.5 Å². The van der Waals surface area contributed by atoms with Crippen molar-refractivity contribution in [3.05, 3.63) is 23.0 Å². The van der Waals surface area contributed by atoms with E-state index in [4.69, 9.17) is 0 Å². The second-order valence-electron chi connectivity index (χ2n) is 4.36. The molecule has 1 atom stereocenters. The fraction of sp³-hybridized carbons (Fsp3) is 0.588. The molecule has 1 aromatic heterocycles. The van der Waals surface area contributed by atoms with Gasteiger partial charge in [0.05, 0.1) is 11.6 Å². The van der Waals surface area contributed by atoms with Crippen LogP contribution in [0.2, 0.25) is 0 Å². The van der Waals surface area contributed by atoms with Crippen LogP contribution < -0.4 is 5.32 Å². The second kappa shape index (κ2) is 10.8. The van der Waals surface area contributed by atoms with Gasteiger partial charge in [0.2, 0.25) is 11.8 Å². The van der Waals surface area contributed by atoms with E-state index in [0.29, 0.717) is 12.8 Å². The third-order valence-electron chi connectivity index (χ3n) is 3.17. The van der Waals surface area contributed by atoms with Gasteiger partial charge >= 0.3 is 0 Å². The van der Waals surface area contributed by atoms with E-state index in [0.717, 1.165) is 23.4 Å². The maximum atomic E-state index is 11.8. The van der Waals surface area contributed by atoms with Gasteiger partial charge in [0.25, 0.3) is 0 Å². The Bertz CT molecular complexity index is 504. The van der Waals surface area contributed by atoms with Crippen molar-refractivity contribution < 1.29 is 9.59 Å². The third kappa shape index (κ3) is 4.83. The van der Waals surface area contributed by atoms with Crippen LogP contribution in [0.5, 0.6) is 0 Å². The summed E-state index contributed by atoms with van der Waals surface area (Å²) in [6.45, 7) is 12.0. The summed E-state index contributed by atoms with van der Waals surface area (Å²) in [5.74, 6) is -0.772. The molecule has 2 rings (SSSR count). The first kappa shape index (κ1) is 20.1. The van der Waals surface area contributed by atoms with Crippen molar-refractivity contribution in [2.24, 2.45) is 0 Å². The van der Waals surface area contributed by atoms with Gasteiger partial charge in [0.1, 0.15) is 0 Å². The smallest absolute Gasteiger partial charge is 0.235 e. The lowest BCUT2D eigenvalue weighted by Gasteiger charge is -2.19. The third-order valence-corrected chi connectivity index (χ3v) is 3.17. The van der Waals surface area contributed by atoms with Gasteiger partial charge in [-0.25, -0.2) is 0 Å². The highest BCUT2D eigenvalue weighted by Gasteiger charge is 2.31. The molecule has 1 aliphatic rings. The van der Waals surface area contributed by atoms with E-state index in [-0.39, 0.29) is 17.7 Å². The number of hydrogen-bond donors (Lipinski definition) is 2. The summed E-state index contributed by atoms with van der Waals surface area (Å²) >= 11 is 0. The number of allylic oxidation sites excluding steroid dienone is 1. The lowest BCUT2D eigenvalue weighted by atomic mass is 9.91. The van der Waals surface area contributed by atoms with Gasteiger partial charge in [-0.1, -0.05) is 46.8 Å². The average Bonchev–Trinajstić information content (AvgIpc) is 2.94. The molecule has 2 N–H and O–H groups in total. The number of nitrogens with zero attached hydrogens (tertiary/aromatic N) is 1. The van der Waals surface area contributed by atoms with Crippen LogP contribution in [0.15, 0.2) is 6.08 Å². The summed E-state index contributed by atoms with van der Waals surface area (Å²) in [5, 5.41) is 9.60. The zero-order chi connectivity index (χ0) is 17.1. The molecule has 2 amide bonds. The molecular weight excluding hydrogens is 278 g/mol. The van der Waals surface area contributed by atoms with E-state index in [2.05, 4.69) is 15.5 Å². The Morgan fingerprint density at radius 3 is 2.36 bits per heavy atom. The normalized spacial score (nSPS) is 17.3. The molecule has 1 saturated heterocycles. The van der Waals surface area contributed by atoms with Gasteiger partial charge in [0, 0.05) is 17.7 Å². The Morgan fingerprint density at radius 2 is 1.86 bits per heavy atom. The van der Waals surface area contributed by atoms with Gasteiger partial charge in [-0.3, -0.25) is 20.0 Å². The predicted octanol–water partition coefficient (Wildman–Crippen LogP) is 3.58. The number of nitrogens with one attached hydrogen (secondary N) is 2. The molecule has 2 heterocycles. The summed E-state index contributed by atoms with van der Waals surface area (Å²) in [4.78, 5) is 23.0. The molecular formula is C17H29N3O2. The van der Waals surface area contributed by atoms with Crippen LogP contribution in [0.4, 0.5) is 0 Å². The Morgan fingerprint density at radius 1 is 1.23 bits per heavy atom. The number of aromatic nitrogens is 2. The summed E-state index contributed by atoms with van der Waals surface area (Å²) in [6.07, 6.45) is 5.63. The number of imide groups is 1. The summed E-state index contributed by atoms with van der Waals surface area (Å²) in [7, 11) is 0. The predicted molar refractivity (Wildman–Crippen MR) is 90.5 cm³/mol. The first-order valence-electron chi connectivity index (χ1n) is 8.20. The average molecular weight is 307 g/mol. The van der Waals surface area contributed by atoms with Gasteiger partial charge in [0.15, 0.2) is 0 Å². The molecule has 5 heteroatoms. The SMILES string of the molecule is C/C=C\c1c(C2CCC(=O)NC2=O)n[nH]c1CC.CC.CC. The minimum Gasteiger partial charge on any atom is -0.296 e. The van der Waals surface area contributed by atoms with Crippen molar-refractivity contribution in [2.75, 3.05) is 0 Å². The number of carbonyl (C=O) groups excluding carboxylic acids is 2. The van der Waals surface area contributed by atoms with Crippen LogP contribution in [0.1, 0.15) is 77.3 Å². The van der Waals surface area contributed by atoms with E-state index in [9.17, 15) is 9.59 Å². The lowest BCUT2D eigenvalue weighted by molar-refractivity contribution is -0.134. The number of aryl methyl sites for hydroxylation is 1. The van der Waals surface area contributed by atoms with Crippen molar-refractivity contribution in [2.45, 2.75) is 66.7 Å². The number of aromatic amines is 1. The summed E-state index contributed by atoms with van der Waals surface area (Å²) < 4.78 is 0. The fourth-order valence-electron chi connectivity index (χ4n) is 2.24. The van der Waals surface area contributed by atoms with Crippen LogP contribution in [0, 0.1) is 0 Å². The van der Waals surface area contributed by atoms with Crippen LogP contribution in [-0.4, -0.2) is 22.0 Å². The zero-order valence-corrected chi connectivity index (χ0v) is 14.6. The van der Waals surface area contributed by atoms with E-state index < -0.39 is 0 Å². The first-order chi connectivity index (χ1) is 10.7. The van der Waals surface area contributed by atoms with Crippen LogP contribution in [0.25, 0.3) is 6.08 Å². The number of amides is 2. The summed E-state index contributed by atoms with van der Waals surface area (Å²) in [5.41, 5.74) is 2.75. The van der Waals surface area contributed by atoms with Crippen LogP contribution >= 0.6 is 0 Å². The number of hydrogen-bond acceptors (Lipinski definition) is 3. The van der Waals surface area contributed by atoms with Crippen molar-refractivity contribution in [3.8, 4) is 0 Å². The Kier molecular flexibility index (Phi) is 9.83. The van der Waals surface area contributed by atoms with Crippen LogP contribution in [-0.2, 0) is 16.0 Å². The molecule has 124 valence electrons. The molecule has 5 nitrogen and oxygen atoms in total. The summed E-state index contributed by atoms with van der Waals surface area (Å²) in [6, 6.07) is 0. The van der Waals surface area contributed by atoms with Crippen molar-refractivity contribution >= 4 is 17.9 Å². The molecule has 0 saturated carbocycles. The minimum atomic E-state index is -0.328. The lowest BCUT2D eigenvalue weighted by Crippen LogP contribution is -2.39. The van der Waals surface area contributed by atoms with E-state index in [1.165, 1.54) is 0 Å². The molecule has 0 aromatic carbocycles. The van der Waals surface area contributed by atoms with Gasteiger partial charge in [-0.05, 0) is 19.8 Å². The second-order valence-corrected chi connectivity index (χ2v) is 4.36. The molecule has 1 fully saturated rings. The maximum absolute atomic E-state index is 11.8. The van der Waals surface area contributed by atoms with Gasteiger partial charge in [-0.2, -0.15) is 5.10 Å². The largest absolute Gasteiger partial charge is 0.296 e. The van der Waals surface area contributed by atoms with E-state index in [1.54, 1.807) is 0 Å². The number of carbonyl (C=O) groups is 2. The van der Waals surface area contributed by atoms with Gasteiger partial charge in [-0.15, -0.1) is 0 Å². The Labute approximate surface area is 133 Å². The number of piperidine rings is 1. The number of rotatable bonds is 3. The Balaban J connectivity index is 0.00000102. The first-order valence-corrected chi connectivity index (χ1v) is 8.20.